The van der Waals surface area contributed by atoms with Crippen LogP contribution >= 0.6 is 11.6 Å². The minimum atomic E-state index is -0.436. The molecular weight excluding hydrogens is 278 g/mol. The smallest absolute Gasteiger partial charge is 0.159 e. The highest BCUT2D eigenvalue weighted by Crippen LogP contribution is 2.39. The number of aromatic nitrogens is 3. The topological polar surface area (TPSA) is 68.0 Å². The van der Waals surface area contributed by atoms with Gasteiger partial charge in [0.15, 0.2) is 5.78 Å². The monoisotopic (exact) mass is 289 g/mol. The van der Waals surface area contributed by atoms with Crippen LogP contribution < -0.4 is 0 Å². The Bertz CT molecular complexity index is 667. The third-order valence-corrected chi connectivity index (χ3v) is 3.65. The van der Waals surface area contributed by atoms with Crippen molar-refractivity contribution in [3.05, 3.63) is 59.3 Å². The first-order valence-electron chi connectivity index (χ1n) is 6.18. The maximum absolute atomic E-state index is 11.7. The van der Waals surface area contributed by atoms with Crippen molar-refractivity contribution in [3.63, 3.8) is 0 Å². The summed E-state index contributed by atoms with van der Waals surface area (Å²) in [6.45, 7) is 0. The first kappa shape index (κ1) is 12.9. The van der Waals surface area contributed by atoms with E-state index >= 15 is 0 Å². The molecule has 1 aliphatic carbocycles. The summed E-state index contributed by atoms with van der Waals surface area (Å²) >= 11 is 6.01. The van der Waals surface area contributed by atoms with E-state index in [0.717, 1.165) is 5.56 Å². The average molecular weight is 290 g/mol. The van der Waals surface area contributed by atoms with Crippen LogP contribution in [0.15, 0.2) is 48.8 Å². The van der Waals surface area contributed by atoms with Crippen LogP contribution in [0.25, 0.3) is 0 Å². The maximum atomic E-state index is 11.7. The van der Waals surface area contributed by atoms with Crippen LogP contribution in [0.4, 0.5) is 0 Å². The van der Waals surface area contributed by atoms with E-state index in [0.29, 0.717) is 11.4 Å². The second-order valence-electron chi connectivity index (χ2n) is 4.72. The van der Waals surface area contributed by atoms with E-state index in [2.05, 4.69) is 10.1 Å². The number of nitrogens with zero attached hydrogens (tertiary/aromatic N) is 3. The molecule has 0 radical (unpaired) electrons. The summed E-state index contributed by atoms with van der Waals surface area (Å²) in [6.07, 6.45) is 4.49. The molecule has 1 heterocycles. The largest absolute Gasteiger partial charge is 0.510 e. The fourth-order valence-corrected chi connectivity index (χ4v) is 2.76. The van der Waals surface area contributed by atoms with Gasteiger partial charge in [-0.3, -0.25) is 4.79 Å². The molecule has 0 amide bonds. The van der Waals surface area contributed by atoms with E-state index in [9.17, 15) is 9.90 Å². The summed E-state index contributed by atoms with van der Waals surface area (Å²) < 4.78 is 1.56. The third-order valence-electron chi connectivity index (χ3n) is 3.41. The number of benzene rings is 1. The number of hydrogen-bond acceptors (Lipinski definition) is 4. The minimum Gasteiger partial charge on any atom is -0.510 e. The van der Waals surface area contributed by atoms with Gasteiger partial charge in [-0.2, -0.15) is 5.10 Å². The van der Waals surface area contributed by atoms with Gasteiger partial charge in [-0.25, -0.2) is 9.67 Å². The average Bonchev–Trinajstić information content (AvgIpc) is 2.91. The molecule has 1 aromatic heterocycles. The number of halogens is 1. The Kier molecular flexibility index (Phi) is 3.28. The predicted molar refractivity (Wildman–Crippen MR) is 73.6 cm³/mol. The summed E-state index contributed by atoms with van der Waals surface area (Å²) in [6, 6.07) is 6.87. The molecule has 20 heavy (non-hydrogen) atoms. The fourth-order valence-electron chi connectivity index (χ4n) is 2.56. The normalized spacial score (nSPS) is 22.6. The van der Waals surface area contributed by atoms with Crippen LogP contribution in [0.2, 0.25) is 5.02 Å². The standard InChI is InChI=1S/C14H12ClN3O2/c15-10-3-1-2-9(4-10)12-5-11(19)6-13(20)14(12)18-8-16-7-17-18/h1-4,6-8,12,14,20H,5H2/t12-,14-/m0/s1. The van der Waals surface area contributed by atoms with Crippen molar-refractivity contribution in [2.45, 2.75) is 18.4 Å². The highest BCUT2D eigenvalue weighted by atomic mass is 35.5. The number of aliphatic hydroxyl groups is 1. The molecule has 0 spiro atoms. The first-order valence-corrected chi connectivity index (χ1v) is 6.56. The van der Waals surface area contributed by atoms with Crippen LogP contribution in [0, 0.1) is 0 Å². The number of rotatable bonds is 2. The Balaban J connectivity index is 2.07. The van der Waals surface area contributed by atoms with Gasteiger partial charge in [0.2, 0.25) is 0 Å². The van der Waals surface area contributed by atoms with Crippen LogP contribution in [0.3, 0.4) is 0 Å². The van der Waals surface area contributed by atoms with E-state index < -0.39 is 6.04 Å². The Morgan fingerprint density at radius 2 is 2.25 bits per heavy atom. The van der Waals surface area contributed by atoms with Gasteiger partial charge in [-0.1, -0.05) is 23.7 Å². The molecular formula is C14H12ClN3O2. The molecule has 1 aromatic carbocycles. The van der Waals surface area contributed by atoms with Crippen LogP contribution in [0.5, 0.6) is 0 Å². The first-order chi connectivity index (χ1) is 9.65. The lowest BCUT2D eigenvalue weighted by Gasteiger charge is -2.29. The SMILES string of the molecule is O=C1C=C(O)[C@@H](n2cncn2)[C@H](c2cccc(Cl)c2)C1. The van der Waals surface area contributed by atoms with Crippen LogP contribution in [-0.2, 0) is 4.79 Å². The summed E-state index contributed by atoms with van der Waals surface area (Å²) in [5.74, 6) is -0.325. The summed E-state index contributed by atoms with van der Waals surface area (Å²) in [4.78, 5) is 15.6. The van der Waals surface area contributed by atoms with Gasteiger partial charge in [0.05, 0.1) is 0 Å². The molecule has 1 aliphatic rings. The number of carbonyl (C=O) groups excluding carboxylic acids is 1. The lowest BCUT2D eigenvalue weighted by molar-refractivity contribution is -0.116. The van der Waals surface area contributed by atoms with Crippen molar-refractivity contribution in [1.29, 1.82) is 0 Å². The molecule has 2 atom stereocenters. The van der Waals surface area contributed by atoms with E-state index in [4.69, 9.17) is 11.6 Å². The molecule has 2 aromatic rings. The maximum Gasteiger partial charge on any atom is 0.159 e. The minimum absolute atomic E-state index is 0.00303. The molecule has 1 N–H and O–H groups in total. The predicted octanol–water partition coefficient (Wildman–Crippen LogP) is 2.67. The molecule has 6 heteroatoms. The summed E-state index contributed by atoms with van der Waals surface area (Å²) in [5, 5.41) is 14.8. The molecule has 3 rings (SSSR count). The van der Waals surface area contributed by atoms with Gasteiger partial charge >= 0.3 is 0 Å². The van der Waals surface area contributed by atoms with E-state index in [1.807, 2.05) is 18.2 Å². The Morgan fingerprint density at radius 3 is 2.95 bits per heavy atom. The van der Waals surface area contributed by atoms with Gasteiger partial charge in [0.25, 0.3) is 0 Å². The molecule has 102 valence electrons. The lowest BCUT2D eigenvalue weighted by atomic mass is 9.82. The number of carbonyl (C=O) groups is 1. The zero-order chi connectivity index (χ0) is 14.1. The quantitative estimate of drug-likeness (QED) is 0.923. The number of hydrogen-bond donors (Lipinski definition) is 1. The van der Waals surface area contributed by atoms with Crippen molar-refractivity contribution in [3.8, 4) is 0 Å². The van der Waals surface area contributed by atoms with E-state index in [-0.39, 0.29) is 17.5 Å². The zero-order valence-corrected chi connectivity index (χ0v) is 11.2. The van der Waals surface area contributed by atoms with E-state index in [1.165, 1.54) is 18.7 Å². The van der Waals surface area contributed by atoms with Gasteiger partial charge in [-0.05, 0) is 17.7 Å². The molecule has 0 saturated heterocycles. The van der Waals surface area contributed by atoms with Crippen molar-refractivity contribution < 1.29 is 9.90 Å². The lowest BCUT2D eigenvalue weighted by Crippen LogP contribution is -2.27. The van der Waals surface area contributed by atoms with Crippen molar-refractivity contribution in [1.82, 2.24) is 14.8 Å². The van der Waals surface area contributed by atoms with Crippen molar-refractivity contribution in [2.24, 2.45) is 0 Å². The Hall–Kier alpha value is -2.14. The van der Waals surface area contributed by atoms with Gasteiger partial charge in [-0.15, -0.1) is 0 Å². The molecule has 0 saturated carbocycles. The second kappa shape index (κ2) is 5.09. The molecule has 0 fully saturated rings. The zero-order valence-electron chi connectivity index (χ0n) is 10.5. The van der Waals surface area contributed by atoms with Gasteiger partial charge < -0.3 is 5.11 Å². The molecule has 0 bridgehead atoms. The fraction of sp³-hybridized carbons (Fsp3) is 0.214. The number of ketones is 1. The summed E-state index contributed by atoms with van der Waals surface area (Å²) in [5.41, 5.74) is 0.894. The van der Waals surface area contributed by atoms with Gasteiger partial charge in [0, 0.05) is 23.4 Å². The van der Waals surface area contributed by atoms with Crippen LogP contribution in [0.1, 0.15) is 23.9 Å². The van der Waals surface area contributed by atoms with E-state index in [1.54, 1.807) is 10.7 Å². The Morgan fingerprint density at radius 1 is 1.40 bits per heavy atom. The molecule has 0 aliphatic heterocycles. The number of allylic oxidation sites excluding steroid dienone is 2. The highest BCUT2D eigenvalue weighted by molar-refractivity contribution is 6.30. The summed E-state index contributed by atoms with van der Waals surface area (Å²) in [7, 11) is 0. The van der Waals surface area contributed by atoms with Crippen LogP contribution in [-0.4, -0.2) is 25.7 Å². The third kappa shape index (κ3) is 2.32. The molecule has 5 nitrogen and oxygen atoms in total. The van der Waals surface area contributed by atoms with Crippen molar-refractivity contribution >= 4 is 17.4 Å². The molecule has 0 unspecified atom stereocenters. The second-order valence-corrected chi connectivity index (χ2v) is 5.16. The van der Waals surface area contributed by atoms with Crippen molar-refractivity contribution in [2.75, 3.05) is 0 Å². The van der Waals surface area contributed by atoms with Gasteiger partial charge in [0.1, 0.15) is 24.5 Å². The Labute approximate surface area is 120 Å². The highest BCUT2D eigenvalue weighted by Gasteiger charge is 2.34. The number of aliphatic hydroxyl groups excluding tert-OH is 1.